The molecule has 0 aromatic carbocycles. The summed E-state index contributed by atoms with van der Waals surface area (Å²) in [5.74, 6) is 1.49. The van der Waals surface area contributed by atoms with Crippen molar-refractivity contribution in [3.63, 3.8) is 0 Å². The second-order valence-corrected chi connectivity index (χ2v) is 5.02. The van der Waals surface area contributed by atoms with E-state index in [-0.39, 0.29) is 0 Å². The summed E-state index contributed by atoms with van der Waals surface area (Å²) in [6.45, 7) is 0. The van der Waals surface area contributed by atoms with Crippen LogP contribution in [0.5, 0.6) is 0 Å². The zero-order valence-corrected chi connectivity index (χ0v) is 9.04. The van der Waals surface area contributed by atoms with Gasteiger partial charge in [-0.15, -0.1) is 0 Å². The van der Waals surface area contributed by atoms with Crippen LogP contribution in [0, 0.1) is 5.92 Å². The van der Waals surface area contributed by atoms with Crippen molar-refractivity contribution in [2.45, 2.75) is 50.5 Å². The van der Waals surface area contributed by atoms with Crippen molar-refractivity contribution in [2.24, 2.45) is 5.92 Å². The van der Waals surface area contributed by atoms with Gasteiger partial charge in [-0.1, -0.05) is 12.8 Å². The average Bonchev–Trinajstić information content (AvgIpc) is 2.89. The van der Waals surface area contributed by atoms with Gasteiger partial charge in [0.2, 0.25) is 0 Å². The molecule has 1 fully saturated rings. The number of rotatable bonds is 1. The molecule has 1 N–H and O–H groups in total. The topological polar surface area (TPSA) is 33.4 Å². The molecule has 2 aliphatic carbocycles. The lowest BCUT2D eigenvalue weighted by molar-refractivity contribution is -0.0387. The van der Waals surface area contributed by atoms with Crippen molar-refractivity contribution in [1.29, 1.82) is 0 Å². The van der Waals surface area contributed by atoms with Gasteiger partial charge in [0.25, 0.3) is 0 Å². The Kier molecular flexibility index (Phi) is 2.13. The fraction of sp³-hybridized carbons (Fsp3) is 0.692. The summed E-state index contributed by atoms with van der Waals surface area (Å²) < 4.78 is 5.45. The molecule has 0 aliphatic heterocycles. The summed E-state index contributed by atoms with van der Waals surface area (Å²) in [6.07, 6.45) is 9.63. The third-order valence-electron chi connectivity index (χ3n) is 4.20. The van der Waals surface area contributed by atoms with E-state index in [1.165, 1.54) is 25.7 Å². The van der Waals surface area contributed by atoms with Crippen LogP contribution >= 0.6 is 0 Å². The van der Waals surface area contributed by atoms with Crippen LogP contribution in [0.25, 0.3) is 0 Å². The molecule has 0 saturated heterocycles. The molecular formula is C13H18O2. The molecule has 0 spiro atoms. The Bertz CT molecular complexity index is 349. The molecule has 0 radical (unpaired) electrons. The van der Waals surface area contributed by atoms with Gasteiger partial charge in [-0.2, -0.15) is 0 Å². The third-order valence-corrected chi connectivity index (χ3v) is 4.20. The fourth-order valence-electron chi connectivity index (χ4n) is 3.40. The lowest BCUT2D eigenvalue weighted by Crippen LogP contribution is -2.36. The second-order valence-electron chi connectivity index (χ2n) is 5.02. The first-order valence-corrected chi connectivity index (χ1v) is 6.10. The van der Waals surface area contributed by atoms with Gasteiger partial charge in [0, 0.05) is 12.0 Å². The van der Waals surface area contributed by atoms with Gasteiger partial charge in [-0.25, -0.2) is 0 Å². The average molecular weight is 206 g/mol. The van der Waals surface area contributed by atoms with Crippen molar-refractivity contribution in [2.75, 3.05) is 0 Å². The Morgan fingerprint density at radius 2 is 2.07 bits per heavy atom. The highest BCUT2D eigenvalue weighted by Crippen LogP contribution is 2.47. The lowest BCUT2D eigenvalue weighted by Gasteiger charge is -2.37. The SMILES string of the molecule is OC1(C2CCCC2)CCCc2occc21. The molecule has 1 heterocycles. The smallest absolute Gasteiger partial charge is 0.109 e. The summed E-state index contributed by atoms with van der Waals surface area (Å²) in [6, 6.07) is 1.98. The molecule has 0 amide bonds. The Balaban J connectivity index is 1.99. The molecule has 1 aromatic heterocycles. The summed E-state index contributed by atoms with van der Waals surface area (Å²) in [4.78, 5) is 0. The van der Waals surface area contributed by atoms with E-state index in [0.29, 0.717) is 5.92 Å². The van der Waals surface area contributed by atoms with E-state index in [0.717, 1.165) is 30.6 Å². The zero-order chi connectivity index (χ0) is 10.3. The molecule has 1 atom stereocenters. The van der Waals surface area contributed by atoms with E-state index >= 15 is 0 Å². The van der Waals surface area contributed by atoms with Gasteiger partial charge in [-0.05, 0) is 37.7 Å². The quantitative estimate of drug-likeness (QED) is 0.766. The van der Waals surface area contributed by atoms with Crippen LogP contribution in [0.1, 0.15) is 49.8 Å². The lowest BCUT2D eigenvalue weighted by atomic mass is 9.73. The molecule has 1 aromatic rings. The molecule has 15 heavy (non-hydrogen) atoms. The van der Waals surface area contributed by atoms with Crippen molar-refractivity contribution in [3.8, 4) is 0 Å². The van der Waals surface area contributed by atoms with E-state index in [4.69, 9.17) is 4.42 Å². The van der Waals surface area contributed by atoms with Crippen LogP contribution in [0.4, 0.5) is 0 Å². The molecule has 3 rings (SSSR count). The van der Waals surface area contributed by atoms with Crippen LogP contribution < -0.4 is 0 Å². The van der Waals surface area contributed by atoms with Gasteiger partial charge < -0.3 is 9.52 Å². The highest BCUT2D eigenvalue weighted by molar-refractivity contribution is 5.28. The van der Waals surface area contributed by atoms with E-state index in [1.54, 1.807) is 6.26 Å². The maximum Gasteiger partial charge on any atom is 0.109 e. The van der Waals surface area contributed by atoms with Gasteiger partial charge in [0.05, 0.1) is 11.9 Å². The first-order valence-electron chi connectivity index (χ1n) is 6.10. The van der Waals surface area contributed by atoms with Crippen LogP contribution in [0.2, 0.25) is 0 Å². The summed E-state index contributed by atoms with van der Waals surface area (Å²) in [7, 11) is 0. The molecular weight excluding hydrogens is 188 g/mol. The minimum atomic E-state index is -0.572. The maximum atomic E-state index is 10.9. The van der Waals surface area contributed by atoms with Gasteiger partial charge in [0.15, 0.2) is 0 Å². The standard InChI is InChI=1S/C13H18O2/c14-13(10-4-1-2-5-10)8-3-6-12-11(13)7-9-15-12/h7,9-10,14H,1-6,8H2. The maximum absolute atomic E-state index is 10.9. The van der Waals surface area contributed by atoms with Gasteiger partial charge >= 0.3 is 0 Å². The van der Waals surface area contributed by atoms with Crippen LogP contribution in [-0.4, -0.2) is 5.11 Å². The zero-order valence-electron chi connectivity index (χ0n) is 9.04. The minimum absolute atomic E-state index is 0.467. The number of aliphatic hydroxyl groups is 1. The largest absolute Gasteiger partial charge is 0.469 e. The Hall–Kier alpha value is -0.760. The van der Waals surface area contributed by atoms with Crippen molar-refractivity contribution in [1.82, 2.24) is 0 Å². The highest BCUT2D eigenvalue weighted by atomic mass is 16.3. The van der Waals surface area contributed by atoms with E-state index < -0.39 is 5.60 Å². The molecule has 82 valence electrons. The number of furan rings is 1. The van der Waals surface area contributed by atoms with Crippen LogP contribution in [-0.2, 0) is 12.0 Å². The minimum Gasteiger partial charge on any atom is -0.469 e. The van der Waals surface area contributed by atoms with Gasteiger partial charge in [-0.3, -0.25) is 0 Å². The normalized spacial score (nSPS) is 31.8. The summed E-state index contributed by atoms with van der Waals surface area (Å²) in [5.41, 5.74) is 0.512. The predicted molar refractivity (Wildman–Crippen MR) is 57.5 cm³/mol. The van der Waals surface area contributed by atoms with Crippen molar-refractivity contribution >= 4 is 0 Å². The molecule has 1 saturated carbocycles. The highest BCUT2D eigenvalue weighted by Gasteiger charge is 2.43. The first kappa shape index (κ1) is 9.46. The van der Waals surface area contributed by atoms with E-state index in [2.05, 4.69) is 0 Å². The predicted octanol–water partition coefficient (Wildman–Crippen LogP) is 2.99. The van der Waals surface area contributed by atoms with Crippen LogP contribution in [0.15, 0.2) is 16.7 Å². The molecule has 0 bridgehead atoms. The summed E-state index contributed by atoms with van der Waals surface area (Å²) >= 11 is 0. The Morgan fingerprint density at radius 1 is 1.27 bits per heavy atom. The molecule has 1 unspecified atom stereocenters. The van der Waals surface area contributed by atoms with E-state index in [9.17, 15) is 5.11 Å². The third kappa shape index (κ3) is 1.35. The van der Waals surface area contributed by atoms with Crippen LogP contribution in [0.3, 0.4) is 0 Å². The summed E-state index contributed by atoms with van der Waals surface area (Å²) in [5, 5.41) is 10.9. The second kappa shape index (κ2) is 3.38. The Labute approximate surface area is 90.3 Å². The number of aryl methyl sites for hydroxylation is 1. The van der Waals surface area contributed by atoms with E-state index in [1.807, 2.05) is 6.07 Å². The first-order chi connectivity index (χ1) is 7.31. The van der Waals surface area contributed by atoms with Gasteiger partial charge in [0.1, 0.15) is 5.76 Å². The molecule has 2 nitrogen and oxygen atoms in total. The van der Waals surface area contributed by atoms with Crippen molar-refractivity contribution in [3.05, 3.63) is 23.7 Å². The molecule has 2 aliphatic rings. The number of hydrogen-bond donors (Lipinski definition) is 1. The Morgan fingerprint density at radius 3 is 2.87 bits per heavy atom. The number of fused-ring (bicyclic) bond motifs is 1. The molecule has 2 heteroatoms. The fourth-order valence-corrected chi connectivity index (χ4v) is 3.40. The number of hydrogen-bond acceptors (Lipinski definition) is 2. The van der Waals surface area contributed by atoms with Crippen molar-refractivity contribution < 1.29 is 9.52 Å². The monoisotopic (exact) mass is 206 g/mol.